The van der Waals surface area contributed by atoms with E-state index in [1.54, 1.807) is 0 Å². The smallest absolute Gasteiger partial charge is 1.00 e. The van der Waals surface area contributed by atoms with Crippen molar-refractivity contribution >= 4 is 0 Å². The van der Waals surface area contributed by atoms with Crippen LogP contribution in [0.15, 0.2) is 0 Å². The summed E-state index contributed by atoms with van der Waals surface area (Å²) in [5, 5.41) is 0. The normalized spacial score (nSPS) is 0. The summed E-state index contributed by atoms with van der Waals surface area (Å²) in [4.78, 5) is 0. The van der Waals surface area contributed by atoms with E-state index in [4.69, 9.17) is 0 Å². The van der Waals surface area contributed by atoms with Crippen molar-refractivity contribution in [2.45, 2.75) is 0 Å². The molecule has 0 saturated heterocycles. The largest absolute Gasteiger partial charge is 1.00 e. The van der Waals surface area contributed by atoms with Crippen molar-refractivity contribution in [3.8, 4) is 0 Å². The number of hydrogen-bond acceptors (Lipinski definition) is 0. The Morgan fingerprint density at radius 2 is 0.500 bits per heavy atom. The quantitative estimate of drug-likeness (QED) is 0.394. The van der Waals surface area contributed by atoms with Gasteiger partial charge in [0.05, 0.1) is 0 Å². The topological polar surface area (TPSA) is 63.0 Å². The Balaban J connectivity index is 0. The molecule has 0 aliphatic heterocycles. The van der Waals surface area contributed by atoms with Gasteiger partial charge in [-0.05, 0) is 0 Å². The van der Waals surface area contributed by atoms with Crippen molar-refractivity contribution in [3.63, 3.8) is 0 Å². The fraction of sp³-hybridized carbons (Fsp3) is 0. The van der Waals surface area contributed by atoms with Crippen LogP contribution >= 0.6 is 0 Å². The van der Waals surface area contributed by atoms with Crippen molar-refractivity contribution in [1.82, 2.24) is 0 Å². The maximum atomic E-state index is 0. The number of rotatable bonds is 0. The van der Waals surface area contributed by atoms with E-state index in [1.807, 2.05) is 0 Å². The molecule has 0 aromatic carbocycles. The summed E-state index contributed by atoms with van der Waals surface area (Å²) in [6, 6.07) is 0. The summed E-state index contributed by atoms with van der Waals surface area (Å²) in [5.41, 5.74) is 0. The van der Waals surface area contributed by atoms with E-state index in [-0.39, 0.29) is 70.6 Å². The molecule has 6 heteroatoms. The van der Waals surface area contributed by atoms with Crippen LogP contribution in [0.5, 0.6) is 0 Å². The van der Waals surface area contributed by atoms with Crippen molar-refractivity contribution < 1.29 is 70.6 Å². The van der Waals surface area contributed by atoms with Gasteiger partial charge < -0.3 is 48.2 Å². The van der Waals surface area contributed by atoms with E-state index in [1.165, 1.54) is 0 Å². The third-order valence-corrected chi connectivity index (χ3v) is 0. The van der Waals surface area contributed by atoms with Crippen LogP contribution in [0.25, 0.3) is 0 Å². The van der Waals surface area contributed by atoms with E-state index in [9.17, 15) is 0 Å². The van der Waals surface area contributed by atoms with Crippen LogP contribution in [0.4, 0.5) is 0 Å². The molecule has 0 aliphatic rings. The standard InChI is InChI=1S/Au.3ClH.2H2O/h;3*1H;2*1H2/q+1;;;;;/p-3. The van der Waals surface area contributed by atoms with E-state index in [2.05, 4.69) is 0 Å². The maximum Gasteiger partial charge on any atom is 1.00 e. The summed E-state index contributed by atoms with van der Waals surface area (Å²) in [6.45, 7) is 0. The number of halogens is 3. The Bertz CT molecular complexity index is 8.75. The van der Waals surface area contributed by atoms with Crippen LogP contribution in [0, 0.1) is 0 Å². The third-order valence-electron chi connectivity index (χ3n) is 0. The molecular weight excluding hydrogens is 335 g/mol. The molecule has 6 heavy (non-hydrogen) atoms. The van der Waals surface area contributed by atoms with Gasteiger partial charge in [0.25, 0.3) is 0 Å². The van der Waals surface area contributed by atoms with Crippen molar-refractivity contribution in [1.29, 1.82) is 0 Å². The van der Waals surface area contributed by atoms with E-state index >= 15 is 0 Å². The fourth-order valence-electron chi connectivity index (χ4n) is 0. The minimum absolute atomic E-state index is 0. The van der Waals surface area contributed by atoms with Crippen LogP contribution in [-0.2, 0) is 22.4 Å². The van der Waals surface area contributed by atoms with E-state index in [0.717, 1.165) is 0 Å². The Hall–Kier alpha value is 1.53. The van der Waals surface area contributed by atoms with Gasteiger partial charge >= 0.3 is 22.4 Å². The molecule has 0 unspecified atom stereocenters. The molecular formula is H4AuCl3O2-2. The Morgan fingerprint density at radius 1 is 0.500 bits per heavy atom. The molecule has 0 aromatic heterocycles. The second kappa shape index (κ2) is 85.3. The van der Waals surface area contributed by atoms with Gasteiger partial charge in [0.15, 0.2) is 0 Å². The number of hydrogen-bond donors (Lipinski definition) is 0. The molecule has 0 radical (unpaired) electrons. The van der Waals surface area contributed by atoms with E-state index < -0.39 is 0 Å². The second-order valence-corrected chi connectivity index (χ2v) is 0. The van der Waals surface area contributed by atoms with Gasteiger partial charge in [-0.2, -0.15) is 0 Å². The van der Waals surface area contributed by atoms with Crippen LogP contribution in [-0.4, -0.2) is 11.0 Å². The Morgan fingerprint density at radius 3 is 0.500 bits per heavy atom. The average molecular weight is 339 g/mol. The molecule has 2 nitrogen and oxygen atoms in total. The SMILES string of the molecule is O.O.[Au+].[Cl-].[Cl-].[Cl-]. The van der Waals surface area contributed by atoms with Gasteiger partial charge in [0.1, 0.15) is 0 Å². The van der Waals surface area contributed by atoms with Gasteiger partial charge in [-0.25, -0.2) is 0 Å². The monoisotopic (exact) mass is 338 g/mol. The van der Waals surface area contributed by atoms with Gasteiger partial charge in [0, 0.05) is 0 Å². The molecule has 0 amide bonds. The van der Waals surface area contributed by atoms with Crippen LogP contribution in [0.1, 0.15) is 0 Å². The molecule has 0 aliphatic carbocycles. The minimum atomic E-state index is 0. The van der Waals surface area contributed by atoms with Crippen molar-refractivity contribution in [3.05, 3.63) is 0 Å². The first-order chi connectivity index (χ1) is 0. The molecule has 4 N–H and O–H groups in total. The zero-order valence-electron chi connectivity index (χ0n) is 2.44. The Kier molecular flexibility index (Phi) is 1950. The van der Waals surface area contributed by atoms with Crippen LogP contribution in [0.2, 0.25) is 0 Å². The van der Waals surface area contributed by atoms with Crippen molar-refractivity contribution in [2.75, 3.05) is 0 Å². The zero-order valence-corrected chi connectivity index (χ0v) is 6.87. The first-order valence-corrected chi connectivity index (χ1v) is 0. The van der Waals surface area contributed by atoms with Gasteiger partial charge in [-0.15, -0.1) is 0 Å². The third kappa shape index (κ3) is 48.5. The first-order valence-electron chi connectivity index (χ1n) is 0. The van der Waals surface area contributed by atoms with Gasteiger partial charge in [0.2, 0.25) is 0 Å². The molecule has 0 fully saturated rings. The summed E-state index contributed by atoms with van der Waals surface area (Å²) < 4.78 is 0. The Labute approximate surface area is 70.4 Å². The predicted molar refractivity (Wildman–Crippen MR) is 7.23 cm³/mol. The van der Waals surface area contributed by atoms with Crippen molar-refractivity contribution in [2.24, 2.45) is 0 Å². The molecule has 50 valence electrons. The maximum absolute atomic E-state index is 0. The van der Waals surface area contributed by atoms with Gasteiger partial charge in [-0.1, -0.05) is 0 Å². The molecule has 0 rings (SSSR count). The summed E-state index contributed by atoms with van der Waals surface area (Å²) in [7, 11) is 0. The van der Waals surface area contributed by atoms with Crippen LogP contribution < -0.4 is 37.2 Å². The average Bonchev–Trinajstić information content (AvgIpc) is 0. The zero-order chi connectivity index (χ0) is 0. The summed E-state index contributed by atoms with van der Waals surface area (Å²) >= 11 is 0. The van der Waals surface area contributed by atoms with Gasteiger partial charge in [-0.3, -0.25) is 0 Å². The molecule has 0 heterocycles. The second-order valence-electron chi connectivity index (χ2n) is 0. The summed E-state index contributed by atoms with van der Waals surface area (Å²) in [6.07, 6.45) is 0. The molecule has 0 aromatic rings. The van der Waals surface area contributed by atoms with Crippen LogP contribution in [0.3, 0.4) is 0 Å². The first kappa shape index (κ1) is 137. The molecule has 0 atom stereocenters. The summed E-state index contributed by atoms with van der Waals surface area (Å²) in [5.74, 6) is 0. The van der Waals surface area contributed by atoms with E-state index in [0.29, 0.717) is 0 Å². The molecule has 0 spiro atoms. The molecule has 0 saturated carbocycles. The predicted octanol–water partition coefficient (Wildman–Crippen LogP) is -10.6. The minimum Gasteiger partial charge on any atom is -1.00 e. The fourth-order valence-corrected chi connectivity index (χ4v) is 0. The molecule has 0 bridgehead atoms.